The Labute approximate surface area is 97.5 Å². The zero-order valence-corrected chi connectivity index (χ0v) is 9.52. The smallest absolute Gasteiger partial charge is 0.328 e. The summed E-state index contributed by atoms with van der Waals surface area (Å²) < 4.78 is 6.69. The molecule has 90 valence electrons. The average molecular weight is 235 g/mol. The molecule has 1 saturated heterocycles. The molecule has 0 atom stereocenters. The molecule has 2 heterocycles. The van der Waals surface area contributed by atoms with E-state index in [1.807, 2.05) is 6.92 Å². The summed E-state index contributed by atoms with van der Waals surface area (Å²) in [6, 6.07) is 1.78. The molecule has 0 saturated carbocycles. The van der Waals surface area contributed by atoms with Crippen LogP contribution >= 0.6 is 0 Å². The third-order valence-electron chi connectivity index (χ3n) is 3.21. The van der Waals surface area contributed by atoms with Gasteiger partial charge in [0, 0.05) is 19.4 Å². The number of H-pyrrole nitrogens is 1. The molecular weight excluding hydrogens is 222 g/mol. The van der Waals surface area contributed by atoms with Crippen molar-refractivity contribution in [1.82, 2.24) is 9.55 Å². The Hall–Kier alpha value is -1.87. The number of nitrogens with one attached hydrogen (secondary N) is 1. The molecular formula is C11H13N3O3. The van der Waals surface area contributed by atoms with Gasteiger partial charge in [-0.25, -0.2) is 4.79 Å². The van der Waals surface area contributed by atoms with Crippen LogP contribution in [0, 0.1) is 11.3 Å². The molecule has 0 aromatic carbocycles. The highest BCUT2D eigenvalue weighted by Gasteiger charge is 2.30. The summed E-state index contributed by atoms with van der Waals surface area (Å²) in [5, 5.41) is 8.81. The topological polar surface area (TPSA) is 87.9 Å². The zero-order valence-electron chi connectivity index (χ0n) is 9.52. The molecule has 6 nitrogen and oxygen atoms in total. The van der Waals surface area contributed by atoms with Crippen molar-refractivity contribution in [3.63, 3.8) is 0 Å². The van der Waals surface area contributed by atoms with Gasteiger partial charge >= 0.3 is 5.69 Å². The molecule has 0 bridgehead atoms. The second kappa shape index (κ2) is 4.18. The minimum atomic E-state index is -0.635. The molecule has 1 N–H and O–H groups in total. The predicted molar refractivity (Wildman–Crippen MR) is 59.7 cm³/mol. The van der Waals surface area contributed by atoms with Crippen molar-refractivity contribution >= 4 is 0 Å². The normalized spacial score (nSPS) is 18.6. The molecule has 6 heteroatoms. The highest BCUT2D eigenvalue weighted by atomic mass is 16.5. The minimum Gasteiger partial charge on any atom is -0.381 e. The van der Waals surface area contributed by atoms with E-state index < -0.39 is 16.8 Å². The summed E-state index contributed by atoms with van der Waals surface area (Å²) in [5.74, 6) is 0. The first-order valence-electron chi connectivity index (χ1n) is 5.41. The molecule has 17 heavy (non-hydrogen) atoms. The summed E-state index contributed by atoms with van der Waals surface area (Å²) in [7, 11) is 0. The summed E-state index contributed by atoms with van der Waals surface area (Å²) in [6.07, 6.45) is 2.71. The number of hydrogen-bond donors (Lipinski definition) is 1. The van der Waals surface area contributed by atoms with Crippen molar-refractivity contribution in [3.8, 4) is 6.07 Å². The lowest BCUT2D eigenvalue weighted by Gasteiger charge is -2.35. The maximum atomic E-state index is 11.8. The van der Waals surface area contributed by atoms with E-state index in [4.69, 9.17) is 10.00 Å². The molecule has 0 spiro atoms. The second-order valence-electron chi connectivity index (χ2n) is 4.39. The molecule has 1 aliphatic heterocycles. The Bertz CT molecular complexity index is 573. The SMILES string of the molecule is CC1(n2cc(C#N)c(=O)[nH]c2=O)CCOCC1. The maximum absolute atomic E-state index is 11.8. The zero-order chi connectivity index (χ0) is 12.5. The summed E-state index contributed by atoms with van der Waals surface area (Å²) in [5.41, 5.74) is -1.55. The van der Waals surface area contributed by atoms with Gasteiger partial charge in [-0.3, -0.25) is 14.3 Å². The van der Waals surface area contributed by atoms with Crippen LogP contribution in [-0.4, -0.2) is 22.8 Å². The van der Waals surface area contributed by atoms with Gasteiger partial charge in [-0.2, -0.15) is 5.26 Å². The number of aromatic amines is 1. The molecule has 1 aliphatic rings. The van der Waals surface area contributed by atoms with Gasteiger partial charge in [-0.15, -0.1) is 0 Å². The van der Waals surface area contributed by atoms with Crippen LogP contribution in [0.2, 0.25) is 0 Å². The van der Waals surface area contributed by atoms with Gasteiger partial charge in [0.05, 0.1) is 5.54 Å². The van der Waals surface area contributed by atoms with Gasteiger partial charge in [-0.05, 0) is 19.8 Å². The molecule has 0 radical (unpaired) electrons. The number of hydrogen-bond acceptors (Lipinski definition) is 4. The third-order valence-corrected chi connectivity index (χ3v) is 3.21. The summed E-state index contributed by atoms with van der Waals surface area (Å²) in [6.45, 7) is 3.07. The fourth-order valence-electron chi connectivity index (χ4n) is 2.00. The summed E-state index contributed by atoms with van der Waals surface area (Å²) >= 11 is 0. The van der Waals surface area contributed by atoms with Crippen molar-refractivity contribution in [2.75, 3.05) is 13.2 Å². The van der Waals surface area contributed by atoms with Gasteiger partial charge in [-0.1, -0.05) is 0 Å². The van der Waals surface area contributed by atoms with Crippen molar-refractivity contribution in [2.24, 2.45) is 0 Å². The number of ether oxygens (including phenoxy) is 1. The first-order valence-corrected chi connectivity index (χ1v) is 5.41. The standard InChI is InChI=1S/C11H13N3O3/c1-11(2-4-17-5-3-11)14-7-8(6-12)9(15)13-10(14)16/h7H,2-5H2,1H3,(H,13,15,16). The Morgan fingerprint density at radius 3 is 2.71 bits per heavy atom. The van der Waals surface area contributed by atoms with Crippen LogP contribution in [0.5, 0.6) is 0 Å². The van der Waals surface area contributed by atoms with E-state index in [0.29, 0.717) is 26.1 Å². The van der Waals surface area contributed by atoms with Crippen LogP contribution in [0.25, 0.3) is 0 Å². The van der Waals surface area contributed by atoms with Gasteiger partial charge in [0.1, 0.15) is 11.6 Å². The molecule has 1 aromatic heterocycles. The van der Waals surface area contributed by atoms with E-state index >= 15 is 0 Å². The van der Waals surface area contributed by atoms with Crippen LogP contribution in [0.4, 0.5) is 0 Å². The molecule has 0 amide bonds. The fraction of sp³-hybridized carbons (Fsp3) is 0.545. The van der Waals surface area contributed by atoms with Crippen molar-refractivity contribution < 1.29 is 4.74 Å². The number of nitriles is 1. The third kappa shape index (κ3) is 2.01. The highest BCUT2D eigenvalue weighted by molar-refractivity contribution is 5.22. The number of aromatic nitrogens is 2. The number of nitrogens with zero attached hydrogens (tertiary/aromatic N) is 2. The average Bonchev–Trinajstić information content (AvgIpc) is 2.30. The molecule has 2 rings (SSSR count). The minimum absolute atomic E-state index is 0.0442. The molecule has 1 aromatic rings. The van der Waals surface area contributed by atoms with E-state index in [-0.39, 0.29) is 5.56 Å². The van der Waals surface area contributed by atoms with Crippen LogP contribution in [0.3, 0.4) is 0 Å². The highest BCUT2D eigenvalue weighted by Crippen LogP contribution is 2.26. The lowest BCUT2D eigenvalue weighted by Crippen LogP contribution is -2.45. The van der Waals surface area contributed by atoms with Crippen LogP contribution in [0.15, 0.2) is 15.8 Å². The quantitative estimate of drug-likeness (QED) is 0.738. The van der Waals surface area contributed by atoms with E-state index in [1.165, 1.54) is 10.8 Å². The monoisotopic (exact) mass is 235 g/mol. The van der Waals surface area contributed by atoms with Crippen molar-refractivity contribution in [2.45, 2.75) is 25.3 Å². The number of rotatable bonds is 1. The maximum Gasteiger partial charge on any atom is 0.328 e. The van der Waals surface area contributed by atoms with Crippen molar-refractivity contribution in [1.29, 1.82) is 5.26 Å². The van der Waals surface area contributed by atoms with Gasteiger partial charge in [0.25, 0.3) is 5.56 Å². The lowest BCUT2D eigenvalue weighted by atomic mass is 9.92. The van der Waals surface area contributed by atoms with Crippen LogP contribution in [-0.2, 0) is 10.3 Å². The van der Waals surface area contributed by atoms with Gasteiger partial charge in [0.15, 0.2) is 0 Å². The van der Waals surface area contributed by atoms with E-state index in [1.54, 1.807) is 6.07 Å². The molecule has 0 unspecified atom stereocenters. The second-order valence-corrected chi connectivity index (χ2v) is 4.39. The summed E-state index contributed by atoms with van der Waals surface area (Å²) in [4.78, 5) is 25.2. The Morgan fingerprint density at radius 1 is 1.47 bits per heavy atom. The largest absolute Gasteiger partial charge is 0.381 e. The Balaban J connectivity index is 2.55. The lowest BCUT2D eigenvalue weighted by molar-refractivity contribution is 0.0273. The molecule has 1 fully saturated rings. The van der Waals surface area contributed by atoms with E-state index in [9.17, 15) is 9.59 Å². The van der Waals surface area contributed by atoms with E-state index in [2.05, 4.69) is 4.98 Å². The first kappa shape index (κ1) is 11.6. The first-order chi connectivity index (χ1) is 8.07. The fourth-order valence-corrected chi connectivity index (χ4v) is 2.00. The Morgan fingerprint density at radius 2 is 2.12 bits per heavy atom. The Kier molecular flexibility index (Phi) is 2.86. The molecule has 0 aliphatic carbocycles. The van der Waals surface area contributed by atoms with Gasteiger partial charge in [0.2, 0.25) is 0 Å². The predicted octanol–water partition coefficient (Wildman–Crippen LogP) is -0.0661. The van der Waals surface area contributed by atoms with Crippen LogP contribution in [0.1, 0.15) is 25.3 Å². The van der Waals surface area contributed by atoms with Gasteiger partial charge < -0.3 is 4.74 Å². The van der Waals surface area contributed by atoms with E-state index in [0.717, 1.165) is 0 Å². The van der Waals surface area contributed by atoms with Crippen molar-refractivity contribution in [3.05, 3.63) is 32.6 Å². The van der Waals surface area contributed by atoms with Crippen LogP contribution < -0.4 is 11.2 Å².